The number of halogens is 2. The highest BCUT2D eigenvalue weighted by Gasteiger charge is 2.09. The van der Waals surface area contributed by atoms with Gasteiger partial charge in [-0.1, -0.05) is 37.1 Å². The van der Waals surface area contributed by atoms with Crippen molar-refractivity contribution in [3.63, 3.8) is 0 Å². The van der Waals surface area contributed by atoms with Gasteiger partial charge in [0.15, 0.2) is 5.96 Å². The number of aliphatic imine (C=N–C) groups is 1. The molecule has 0 atom stereocenters. The van der Waals surface area contributed by atoms with Gasteiger partial charge in [0.1, 0.15) is 6.54 Å². The van der Waals surface area contributed by atoms with Gasteiger partial charge in [-0.3, -0.25) is 4.79 Å². The normalized spacial score (nSPS) is 10.8. The molecule has 0 spiro atoms. The quantitative estimate of drug-likeness (QED) is 0.290. The second kappa shape index (κ2) is 12.4. The molecule has 7 heteroatoms. The van der Waals surface area contributed by atoms with Crippen molar-refractivity contribution < 1.29 is 4.79 Å². The molecule has 0 radical (unpaired) electrons. The predicted octanol–water partition coefficient (Wildman–Crippen LogP) is 3.22. The standard InChI is InChI=1S/C17H27ClN4O.HI/c1-5-6-10-19-17(20-12-16(23)21(2)3)22(4)13-14-8-7-9-15(18)11-14;/h7-9,11H,5-6,10,12-13H2,1-4H3,(H,19,20);1H. The number of guanidine groups is 1. The lowest BCUT2D eigenvalue weighted by atomic mass is 10.2. The van der Waals surface area contributed by atoms with Crippen molar-refractivity contribution in [2.45, 2.75) is 26.3 Å². The van der Waals surface area contributed by atoms with Crippen LogP contribution in [0.5, 0.6) is 0 Å². The zero-order chi connectivity index (χ0) is 17.2. The molecule has 0 aliphatic rings. The Morgan fingerprint density at radius 3 is 2.58 bits per heavy atom. The molecule has 1 aromatic carbocycles. The lowest BCUT2D eigenvalue weighted by Crippen LogP contribution is -2.40. The topological polar surface area (TPSA) is 47.9 Å². The van der Waals surface area contributed by atoms with Gasteiger partial charge in [-0.05, 0) is 24.1 Å². The van der Waals surface area contributed by atoms with Crippen molar-refractivity contribution in [3.05, 3.63) is 34.9 Å². The number of nitrogens with one attached hydrogen (secondary N) is 1. The molecule has 0 aliphatic carbocycles. The molecule has 24 heavy (non-hydrogen) atoms. The molecule has 0 unspecified atom stereocenters. The Bertz CT molecular complexity index is 537. The van der Waals surface area contributed by atoms with E-state index < -0.39 is 0 Å². The van der Waals surface area contributed by atoms with Crippen molar-refractivity contribution in [3.8, 4) is 0 Å². The summed E-state index contributed by atoms with van der Waals surface area (Å²) in [6.45, 7) is 3.80. The number of carbonyl (C=O) groups excluding carboxylic acids is 1. The summed E-state index contributed by atoms with van der Waals surface area (Å²) in [5, 5.41) is 4.04. The maximum Gasteiger partial charge on any atom is 0.243 e. The van der Waals surface area contributed by atoms with Crippen LogP contribution in [0, 0.1) is 0 Å². The minimum Gasteiger partial charge on any atom is -0.356 e. The second-order valence-electron chi connectivity index (χ2n) is 5.69. The smallest absolute Gasteiger partial charge is 0.243 e. The van der Waals surface area contributed by atoms with Crippen molar-refractivity contribution in [2.24, 2.45) is 4.99 Å². The Morgan fingerprint density at radius 1 is 1.29 bits per heavy atom. The van der Waals surface area contributed by atoms with E-state index in [0.717, 1.165) is 35.9 Å². The molecule has 1 rings (SSSR count). The van der Waals surface area contributed by atoms with Crippen LogP contribution in [-0.2, 0) is 11.3 Å². The molecule has 0 aliphatic heterocycles. The number of amides is 1. The Labute approximate surface area is 167 Å². The van der Waals surface area contributed by atoms with Gasteiger partial charge in [-0.25, -0.2) is 4.99 Å². The van der Waals surface area contributed by atoms with Gasteiger partial charge >= 0.3 is 0 Å². The number of hydrogen-bond donors (Lipinski definition) is 1. The van der Waals surface area contributed by atoms with Crippen molar-refractivity contribution in [1.82, 2.24) is 15.1 Å². The van der Waals surface area contributed by atoms with Gasteiger partial charge in [-0.2, -0.15) is 0 Å². The summed E-state index contributed by atoms with van der Waals surface area (Å²) in [7, 11) is 5.42. The fourth-order valence-corrected chi connectivity index (χ4v) is 2.17. The zero-order valence-corrected chi connectivity index (χ0v) is 18.0. The van der Waals surface area contributed by atoms with E-state index in [4.69, 9.17) is 11.6 Å². The van der Waals surface area contributed by atoms with Crippen LogP contribution in [0.2, 0.25) is 5.02 Å². The van der Waals surface area contributed by atoms with Crippen molar-refractivity contribution in [2.75, 3.05) is 34.2 Å². The predicted molar refractivity (Wildman–Crippen MR) is 112 cm³/mol. The number of unbranched alkanes of at least 4 members (excludes halogenated alkanes) is 1. The third-order valence-electron chi connectivity index (χ3n) is 3.35. The lowest BCUT2D eigenvalue weighted by Gasteiger charge is -2.23. The van der Waals surface area contributed by atoms with Gasteiger partial charge in [0, 0.05) is 39.3 Å². The second-order valence-corrected chi connectivity index (χ2v) is 6.13. The molecule has 1 amide bonds. The highest BCUT2D eigenvalue weighted by molar-refractivity contribution is 14.0. The van der Waals surface area contributed by atoms with Crippen LogP contribution in [0.4, 0.5) is 0 Å². The van der Waals surface area contributed by atoms with Crippen LogP contribution in [-0.4, -0.2) is 55.9 Å². The molecule has 0 bridgehead atoms. The van der Waals surface area contributed by atoms with Gasteiger partial charge in [0.2, 0.25) is 5.91 Å². The summed E-state index contributed by atoms with van der Waals surface area (Å²) in [5.41, 5.74) is 1.10. The number of likely N-dealkylation sites (N-methyl/N-ethyl adjacent to an activating group) is 1. The van der Waals surface area contributed by atoms with E-state index in [9.17, 15) is 4.79 Å². The van der Waals surface area contributed by atoms with Crippen LogP contribution in [0.3, 0.4) is 0 Å². The SMILES string of the molecule is CCCCNC(=NCC(=O)N(C)C)N(C)Cc1cccc(Cl)c1.I. The number of benzene rings is 1. The number of carbonyl (C=O) groups is 1. The number of rotatable bonds is 7. The number of hydrogen-bond acceptors (Lipinski definition) is 2. The summed E-state index contributed by atoms with van der Waals surface area (Å²) >= 11 is 6.03. The minimum absolute atomic E-state index is 0. The Morgan fingerprint density at radius 2 is 2.00 bits per heavy atom. The largest absolute Gasteiger partial charge is 0.356 e. The first kappa shape index (κ1) is 23.0. The van der Waals surface area contributed by atoms with Crippen LogP contribution < -0.4 is 5.32 Å². The van der Waals surface area contributed by atoms with Gasteiger partial charge in [-0.15, -0.1) is 24.0 Å². The van der Waals surface area contributed by atoms with E-state index in [-0.39, 0.29) is 36.4 Å². The fraction of sp³-hybridized carbons (Fsp3) is 0.529. The third-order valence-corrected chi connectivity index (χ3v) is 3.58. The van der Waals surface area contributed by atoms with E-state index in [1.807, 2.05) is 36.2 Å². The monoisotopic (exact) mass is 466 g/mol. The van der Waals surface area contributed by atoms with Gasteiger partial charge in [0.05, 0.1) is 0 Å². The number of nitrogens with zero attached hydrogens (tertiary/aromatic N) is 3. The van der Waals surface area contributed by atoms with E-state index >= 15 is 0 Å². The van der Waals surface area contributed by atoms with Gasteiger partial charge in [0.25, 0.3) is 0 Å². The summed E-state index contributed by atoms with van der Waals surface area (Å²) in [6, 6.07) is 7.75. The van der Waals surface area contributed by atoms with E-state index in [0.29, 0.717) is 6.54 Å². The zero-order valence-electron chi connectivity index (χ0n) is 14.9. The molecule has 0 saturated heterocycles. The van der Waals surface area contributed by atoms with Crippen LogP contribution >= 0.6 is 35.6 Å². The average Bonchev–Trinajstić information content (AvgIpc) is 2.50. The molecule has 0 fully saturated rings. The molecule has 1 aromatic rings. The van der Waals surface area contributed by atoms with Crippen LogP contribution in [0.15, 0.2) is 29.3 Å². The summed E-state index contributed by atoms with van der Waals surface area (Å²) in [5.74, 6) is 0.713. The van der Waals surface area contributed by atoms with E-state index in [1.54, 1.807) is 19.0 Å². The highest BCUT2D eigenvalue weighted by Crippen LogP contribution is 2.12. The summed E-state index contributed by atoms with van der Waals surface area (Å²) in [6.07, 6.45) is 2.17. The molecule has 136 valence electrons. The third kappa shape index (κ3) is 8.73. The maximum absolute atomic E-state index is 11.8. The minimum atomic E-state index is -0.0176. The first-order valence-corrected chi connectivity index (χ1v) is 8.26. The van der Waals surface area contributed by atoms with Crippen LogP contribution in [0.25, 0.3) is 0 Å². The molecular formula is C17H28ClIN4O. The molecule has 0 aromatic heterocycles. The summed E-state index contributed by atoms with van der Waals surface area (Å²) in [4.78, 5) is 19.8. The fourth-order valence-electron chi connectivity index (χ4n) is 1.96. The van der Waals surface area contributed by atoms with Crippen LogP contribution in [0.1, 0.15) is 25.3 Å². The van der Waals surface area contributed by atoms with Crippen molar-refractivity contribution in [1.29, 1.82) is 0 Å². The molecule has 1 N–H and O–H groups in total. The lowest BCUT2D eigenvalue weighted by molar-refractivity contribution is -0.127. The van der Waals surface area contributed by atoms with E-state index in [2.05, 4.69) is 17.2 Å². The first-order valence-electron chi connectivity index (χ1n) is 7.88. The van der Waals surface area contributed by atoms with Crippen molar-refractivity contribution >= 4 is 47.4 Å². The summed E-state index contributed by atoms with van der Waals surface area (Å²) < 4.78 is 0. The Hall–Kier alpha value is -1.02. The van der Waals surface area contributed by atoms with Gasteiger partial charge < -0.3 is 15.1 Å². The molecule has 5 nitrogen and oxygen atoms in total. The maximum atomic E-state index is 11.8. The average molecular weight is 467 g/mol. The molecule has 0 saturated carbocycles. The first-order chi connectivity index (χ1) is 10.9. The highest BCUT2D eigenvalue weighted by atomic mass is 127. The molecule has 0 heterocycles. The van der Waals surface area contributed by atoms with E-state index in [1.165, 1.54) is 0 Å². The Balaban J connectivity index is 0.00000529. The molecular weight excluding hydrogens is 439 g/mol. The Kier molecular flexibility index (Phi) is 11.8.